The van der Waals surface area contributed by atoms with Gasteiger partial charge < -0.3 is 9.84 Å². The zero-order valence-electron chi connectivity index (χ0n) is 6.99. The third-order valence-corrected chi connectivity index (χ3v) is 2.34. The van der Waals surface area contributed by atoms with Gasteiger partial charge in [0.05, 0.1) is 12.2 Å². The summed E-state index contributed by atoms with van der Waals surface area (Å²) in [5.41, 5.74) is 0. The highest BCUT2D eigenvalue weighted by molar-refractivity contribution is 4.90. The van der Waals surface area contributed by atoms with Crippen LogP contribution < -0.4 is 0 Å². The summed E-state index contributed by atoms with van der Waals surface area (Å²) in [6.07, 6.45) is 3.40. The van der Waals surface area contributed by atoms with Gasteiger partial charge in [-0.2, -0.15) is 0 Å². The van der Waals surface area contributed by atoms with Gasteiger partial charge in [-0.15, -0.1) is 6.58 Å². The fourth-order valence-electron chi connectivity index (χ4n) is 1.65. The lowest BCUT2D eigenvalue weighted by Crippen LogP contribution is -2.25. The molecule has 1 N–H and O–H groups in total. The molecule has 0 aliphatic carbocycles. The molecule has 1 aliphatic rings. The minimum atomic E-state index is -0.387. The Kier molecular flexibility index (Phi) is 3.09. The molecular weight excluding hydrogens is 140 g/mol. The highest BCUT2D eigenvalue weighted by Crippen LogP contribution is 2.26. The summed E-state index contributed by atoms with van der Waals surface area (Å²) in [5.74, 6) is 0.275. The van der Waals surface area contributed by atoms with Crippen LogP contribution in [0.4, 0.5) is 0 Å². The van der Waals surface area contributed by atoms with Gasteiger partial charge in [0, 0.05) is 12.5 Å². The second-order valence-electron chi connectivity index (χ2n) is 3.00. The van der Waals surface area contributed by atoms with Crippen LogP contribution in [0, 0.1) is 5.92 Å². The van der Waals surface area contributed by atoms with E-state index in [-0.39, 0.29) is 18.1 Å². The zero-order chi connectivity index (χ0) is 8.27. The molecule has 1 rings (SSSR count). The number of hydrogen-bond acceptors (Lipinski definition) is 2. The van der Waals surface area contributed by atoms with Crippen molar-refractivity contribution in [3.8, 4) is 0 Å². The van der Waals surface area contributed by atoms with E-state index in [2.05, 4.69) is 13.5 Å². The van der Waals surface area contributed by atoms with Gasteiger partial charge in [0.25, 0.3) is 0 Å². The third-order valence-electron chi connectivity index (χ3n) is 2.34. The minimum Gasteiger partial charge on any atom is -0.389 e. The van der Waals surface area contributed by atoms with Crippen molar-refractivity contribution in [1.29, 1.82) is 0 Å². The van der Waals surface area contributed by atoms with Crippen LogP contribution in [0.25, 0.3) is 0 Å². The Morgan fingerprint density at radius 1 is 1.82 bits per heavy atom. The molecule has 1 heterocycles. The topological polar surface area (TPSA) is 29.5 Å². The minimum absolute atomic E-state index is 0.239. The Bertz CT molecular complexity index is 134. The van der Waals surface area contributed by atoms with Crippen molar-refractivity contribution in [2.75, 3.05) is 6.61 Å². The summed E-state index contributed by atoms with van der Waals surface area (Å²) in [7, 11) is 0. The molecule has 3 unspecified atom stereocenters. The van der Waals surface area contributed by atoms with E-state index in [1.54, 1.807) is 6.08 Å². The number of rotatable bonds is 3. The molecule has 1 saturated heterocycles. The standard InChI is InChI=1S/C9H16O2/c1-3-8(10)7-5-6-11-9(7)4-2/h3,7-10H,1,4-6H2,2H3. The van der Waals surface area contributed by atoms with Crippen molar-refractivity contribution in [3.63, 3.8) is 0 Å². The first-order valence-corrected chi connectivity index (χ1v) is 4.21. The normalized spacial score (nSPS) is 33.6. The number of hydrogen-bond donors (Lipinski definition) is 1. The summed E-state index contributed by atoms with van der Waals surface area (Å²) < 4.78 is 5.43. The maximum Gasteiger partial charge on any atom is 0.0772 e. The quantitative estimate of drug-likeness (QED) is 0.625. The molecule has 0 amide bonds. The van der Waals surface area contributed by atoms with Gasteiger partial charge in [0.2, 0.25) is 0 Å². The fourth-order valence-corrected chi connectivity index (χ4v) is 1.65. The van der Waals surface area contributed by atoms with E-state index in [0.717, 1.165) is 19.4 Å². The van der Waals surface area contributed by atoms with Crippen molar-refractivity contribution >= 4 is 0 Å². The van der Waals surface area contributed by atoms with Gasteiger partial charge >= 0.3 is 0 Å². The van der Waals surface area contributed by atoms with Gasteiger partial charge in [0.15, 0.2) is 0 Å². The largest absolute Gasteiger partial charge is 0.389 e. The van der Waals surface area contributed by atoms with Crippen molar-refractivity contribution in [3.05, 3.63) is 12.7 Å². The summed E-state index contributed by atoms with van der Waals surface area (Å²) in [4.78, 5) is 0. The molecule has 0 aromatic carbocycles. The fraction of sp³-hybridized carbons (Fsp3) is 0.778. The summed E-state index contributed by atoms with van der Waals surface area (Å²) in [5, 5.41) is 9.46. The second-order valence-corrected chi connectivity index (χ2v) is 3.00. The van der Waals surface area contributed by atoms with E-state index in [9.17, 15) is 5.11 Å². The van der Waals surface area contributed by atoms with Crippen LogP contribution in [0.3, 0.4) is 0 Å². The molecule has 0 radical (unpaired) electrons. The molecule has 3 atom stereocenters. The van der Waals surface area contributed by atoms with Crippen LogP contribution >= 0.6 is 0 Å². The lowest BCUT2D eigenvalue weighted by atomic mass is 9.93. The average molecular weight is 156 g/mol. The predicted octanol–water partition coefficient (Wildman–Crippen LogP) is 1.35. The number of aliphatic hydroxyl groups is 1. The van der Waals surface area contributed by atoms with Crippen LogP contribution in [0.2, 0.25) is 0 Å². The van der Waals surface area contributed by atoms with Gasteiger partial charge in [-0.1, -0.05) is 13.0 Å². The molecule has 0 bridgehead atoms. The summed E-state index contributed by atoms with van der Waals surface area (Å²) in [6.45, 7) is 6.44. The van der Waals surface area contributed by atoms with E-state index in [1.807, 2.05) is 0 Å². The summed E-state index contributed by atoms with van der Waals surface area (Å²) in [6, 6.07) is 0. The van der Waals surface area contributed by atoms with Crippen molar-refractivity contribution in [2.45, 2.75) is 32.0 Å². The predicted molar refractivity (Wildman–Crippen MR) is 44.3 cm³/mol. The molecule has 0 aromatic rings. The monoisotopic (exact) mass is 156 g/mol. The van der Waals surface area contributed by atoms with E-state index in [4.69, 9.17) is 4.74 Å². The van der Waals surface area contributed by atoms with E-state index >= 15 is 0 Å². The highest BCUT2D eigenvalue weighted by Gasteiger charge is 2.30. The molecule has 11 heavy (non-hydrogen) atoms. The van der Waals surface area contributed by atoms with Gasteiger partial charge in [-0.05, 0) is 12.8 Å². The van der Waals surface area contributed by atoms with Crippen LogP contribution in [0.1, 0.15) is 19.8 Å². The van der Waals surface area contributed by atoms with E-state index < -0.39 is 0 Å². The van der Waals surface area contributed by atoms with Crippen LogP contribution in [-0.2, 0) is 4.74 Å². The molecule has 2 nitrogen and oxygen atoms in total. The van der Waals surface area contributed by atoms with E-state index in [1.165, 1.54) is 0 Å². The molecule has 0 spiro atoms. The maximum absolute atomic E-state index is 9.46. The Balaban J connectivity index is 2.48. The molecule has 0 aromatic heterocycles. The smallest absolute Gasteiger partial charge is 0.0772 e. The molecular formula is C9H16O2. The van der Waals surface area contributed by atoms with Crippen LogP contribution in [0.5, 0.6) is 0 Å². The van der Waals surface area contributed by atoms with Crippen molar-refractivity contribution < 1.29 is 9.84 Å². The van der Waals surface area contributed by atoms with Gasteiger partial charge in [-0.25, -0.2) is 0 Å². The Morgan fingerprint density at radius 3 is 3.09 bits per heavy atom. The first kappa shape index (κ1) is 8.75. The number of ether oxygens (including phenoxy) is 1. The Morgan fingerprint density at radius 2 is 2.55 bits per heavy atom. The van der Waals surface area contributed by atoms with Crippen molar-refractivity contribution in [1.82, 2.24) is 0 Å². The SMILES string of the molecule is C=CC(O)C1CCOC1CC. The molecule has 1 aliphatic heterocycles. The lowest BCUT2D eigenvalue weighted by Gasteiger charge is -2.19. The zero-order valence-corrected chi connectivity index (χ0v) is 6.99. The summed E-state index contributed by atoms with van der Waals surface area (Å²) >= 11 is 0. The lowest BCUT2D eigenvalue weighted by molar-refractivity contribution is 0.0495. The Hall–Kier alpha value is -0.340. The van der Waals surface area contributed by atoms with Gasteiger partial charge in [0.1, 0.15) is 0 Å². The number of aliphatic hydroxyl groups excluding tert-OH is 1. The first-order chi connectivity index (χ1) is 5.29. The Labute approximate surface area is 67.9 Å². The highest BCUT2D eigenvalue weighted by atomic mass is 16.5. The first-order valence-electron chi connectivity index (χ1n) is 4.21. The third kappa shape index (κ3) is 1.82. The molecule has 1 fully saturated rings. The second kappa shape index (κ2) is 3.88. The van der Waals surface area contributed by atoms with E-state index in [0.29, 0.717) is 0 Å². The average Bonchev–Trinajstić information content (AvgIpc) is 2.50. The van der Waals surface area contributed by atoms with Crippen molar-refractivity contribution in [2.24, 2.45) is 5.92 Å². The van der Waals surface area contributed by atoms with Crippen LogP contribution in [0.15, 0.2) is 12.7 Å². The molecule has 2 heteroatoms. The van der Waals surface area contributed by atoms with Crippen LogP contribution in [-0.4, -0.2) is 23.9 Å². The molecule has 64 valence electrons. The molecule has 0 saturated carbocycles. The maximum atomic E-state index is 9.46. The van der Waals surface area contributed by atoms with Gasteiger partial charge in [-0.3, -0.25) is 0 Å².